The van der Waals surface area contributed by atoms with E-state index in [4.69, 9.17) is 0 Å². The molecule has 3 aromatic heterocycles. The number of carbonyl (C=O) groups excluding carboxylic acids is 1. The lowest BCUT2D eigenvalue weighted by molar-refractivity contribution is 0.102. The lowest BCUT2D eigenvalue weighted by Gasteiger charge is -2.07. The van der Waals surface area contributed by atoms with E-state index in [0.29, 0.717) is 22.9 Å². The fourth-order valence-corrected chi connectivity index (χ4v) is 3.72. The number of nitrogens with zero attached hydrogens (tertiary/aromatic N) is 4. The zero-order valence-electron chi connectivity index (χ0n) is 14.5. The van der Waals surface area contributed by atoms with Crippen LogP contribution >= 0.6 is 11.8 Å². The number of H-pyrrole nitrogens is 1. The predicted molar refractivity (Wildman–Crippen MR) is 107 cm³/mol. The molecule has 27 heavy (non-hydrogen) atoms. The SMILES string of the molecule is C=CCn1c(SCC(=O)c2c[nH]c3ncccc23)nnc1-c1ccccc1. The molecule has 0 spiro atoms. The van der Waals surface area contributed by atoms with Crippen LogP contribution in [0.25, 0.3) is 22.4 Å². The molecule has 0 atom stereocenters. The quantitative estimate of drug-likeness (QED) is 0.300. The number of Topliss-reactive ketones (excluding diaryl/α,β-unsaturated/α-hetero) is 1. The van der Waals surface area contributed by atoms with Crippen LogP contribution in [-0.2, 0) is 6.54 Å². The van der Waals surface area contributed by atoms with E-state index in [-0.39, 0.29) is 11.5 Å². The number of allylic oxidation sites excluding steroid dienone is 1. The van der Waals surface area contributed by atoms with E-state index in [1.807, 2.05) is 47.0 Å². The first kappa shape index (κ1) is 17.2. The smallest absolute Gasteiger partial charge is 0.192 e. The van der Waals surface area contributed by atoms with E-state index >= 15 is 0 Å². The first-order valence-corrected chi connectivity index (χ1v) is 9.44. The van der Waals surface area contributed by atoms with Gasteiger partial charge in [0.2, 0.25) is 0 Å². The second kappa shape index (κ2) is 7.59. The lowest BCUT2D eigenvalue weighted by Crippen LogP contribution is -2.05. The Morgan fingerprint density at radius 2 is 2.04 bits per heavy atom. The molecule has 3 heterocycles. The number of aromatic amines is 1. The zero-order valence-corrected chi connectivity index (χ0v) is 15.3. The summed E-state index contributed by atoms with van der Waals surface area (Å²) in [5.41, 5.74) is 2.34. The minimum atomic E-state index is 0.0219. The highest BCUT2D eigenvalue weighted by atomic mass is 32.2. The van der Waals surface area contributed by atoms with Crippen molar-refractivity contribution in [3.8, 4) is 11.4 Å². The van der Waals surface area contributed by atoms with Crippen LogP contribution in [0.1, 0.15) is 10.4 Å². The van der Waals surface area contributed by atoms with Gasteiger partial charge in [-0.05, 0) is 12.1 Å². The van der Waals surface area contributed by atoms with Crippen molar-refractivity contribution in [2.24, 2.45) is 0 Å². The van der Waals surface area contributed by atoms with Crippen molar-refractivity contribution in [2.45, 2.75) is 11.7 Å². The summed E-state index contributed by atoms with van der Waals surface area (Å²) in [6.45, 7) is 4.39. The molecule has 0 bridgehead atoms. The molecule has 6 nitrogen and oxygen atoms in total. The fraction of sp³-hybridized carbons (Fsp3) is 0.100. The number of fused-ring (bicyclic) bond motifs is 1. The van der Waals surface area contributed by atoms with Gasteiger partial charge in [-0.25, -0.2) is 4.98 Å². The Labute approximate surface area is 160 Å². The largest absolute Gasteiger partial charge is 0.345 e. The molecule has 0 aliphatic carbocycles. The van der Waals surface area contributed by atoms with E-state index in [1.165, 1.54) is 11.8 Å². The number of rotatable bonds is 7. The zero-order chi connectivity index (χ0) is 18.6. The summed E-state index contributed by atoms with van der Waals surface area (Å²) in [6.07, 6.45) is 5.21. The third-order valence-electron chi connectivity index (χ3n) is 4.14. The van der Waals surface area contributed by atoms with Crippen LogP contribution in [0.4, 0.5) is 0 Å². The number of benzene rings is 1. The van der Waals surface area contributed by atoms with Gasteiger partial charge in [0.15, 0.2) is 16.8 Å². The molecule has 134 valence electrons. The molecule has 4 rings (SSSR count). The second-order valence-corrected chi connectivity index (χ2v) is 6.83. The van der Waals surface area contributed by atoms with Gasteiger partial charge in [0, 0.05) is 35.5 Å². The van der Waals surface area contributed by atoms with Gasteiger partial charge in [0.05, 0.1) is 5.75 Å². The standard InChI is InChI=1S/C20H17N5OS/c1-2-11-25-19(14-7-4-3-5-8-14)23-24-20(25)27-13-17(26)16-12-22-18-15(16)9-6-10-21-18/h2-10,12H,1,11,13H2,(H,21,22). The predicted octanol–water partition coefficient (Wildman–Crippen LogP) is 3.98. The van der Waals surface area contributed by atoms with Crippen molar-refractivity contribution in [1.29, 1.82) is 0 Å². The van der Waals surface area contributed by atoms with Gasteiger partial charge in [-0.2, -0.15) is 0 Å². The van der Waals surface area contributed by atoms with Crippen molar-refractivity contribution in [2.75, 3.05) is 5.75 Å². The van der Waals surface area contributed by atoms with Gasteiger partial charge in [0.25, 0.3) is 0 Å². The number of aromatic nitrogens is 5. The second-order valence-electron chi connectivity index (χ2n) is 5.89. The Balaban J connectivity index is 1.57. The average Bonchev–Trinajstić information content (AvgIpc) is 3.31. The molecule has 0 saturated heterocycles. The number of carbonyl (C=O) groups is 1. The number of ketones is 1. The first-order valence-electron chi connectivity index (χ1n) is 8.45. The van der Waals surface area contributed by atoms with E-state index in [9.17, 15) is 4.79 Å². The molecule has 0 aliphatic heterocycles. The molecule has 0 unspecified atom stereocenters. The third kappa shape index (κ3) is 3.41. The Morgan fingerprint density at radius 3 is 2.85 bits per heavy atom. The molecule has 0 aliphatic rings. The topological polar surface area (TPSA) is 76.5 Å². The molecule has 7 heteroatoms. The number of thioether (sulfide) groups is 1. The van der Waals surface area contributed by atoms with E-state index in [2.05, 4.69) is 26.7 Å². The van der Waals surface area contributed by atoms with Crippen molar-refractivity contribution in [3.05, 3.63) is 73.1 Å². The van der Waals surface area contributed by atoms with Crippen LogP contribution in [-0.4, -0.2) is 36.3 Å². The summed E-state index contributed by atoms with van der Waals surface area (Å²) in [5.74, 6) is 1.06. The van der Waals surface area contributed by atoms with Crippen molar-refractivity contribution < 1.29 is 4.79 Å². The highest BCUT2D eigenvalue weighted by Crippen LogP contribution is 2.25. The molecule has 0 amide bonds. The summed E-state index contributed by atoms with van der Waals surface area (Å²) < 4.78 is 1.97. The van der Waals surface area contributed by atoms with E-state index in [1.54, 1.807) is 18.5 Å². The van der Waals surface area contributed by atoms with Crippen LogP contribution in [0.5, 0.6) is 0 Å². The maximum absolute atomic E-state index is 12.7. The Kier molecular flexibility index (Phi) is 4.84. The lowest BCUT2D eigenvalue weighted by atomic mass is 10.1. The van der Waals surface area contributed by atoms with Crippen molar-refractivity contribution in [3.63, 3.8) is 0 Å². The maximum atomic E-state index is 12.7. The minimum Gasteiger partial charge on any atom is -0.345 e. The van der Waals surface area contributed by atoms with Crippen LogP contribution in [0, 0.1) is 0 Å². The Bertz CT molecular complexity index is 1100. The van der Waals surface area contributed by atoms with Gasteiger partial charge in [-0.1, -0.05) is 48.2 Å². The molecule has 1 aromatic carbocycles. The molecule has 0 fully saturated rings. The van der Waals surface area contributed by atoms with Crippen molar-refractivity contribution >= 4 is 28.6 Å². The fourth-order valence-electron chi connectivity index (χ4n) is 2.88. The summed E-state index contributed by atoms with van der Waals surface area (Å²) in [5, 5.41) is 10.1. The van der Waals surface area contributed by atoms with Gasteiger partial charge >= 0.3 is 0 Å². The van der Waals surface area contributed by atoms with Gasteiger partial charge in [0.1, 0.15) is 5.65 Å². The summed E-state index contributed by atoms with van der Waals surface area (Å²) >= 11 is 1.38. The molecule has 1 N–H and O–H groups in total. The Hall–Kier alpha value is -3.19. The summed E-state index contributed by atoms with van der Waals surface area (Å²) in [6, 6.07) is 13.6. The molecular weight excluding hydrogens is 358 g/mol. The van der Waals surface area contributed by atoms with Gasteiger partial charge < -0.3 is 4.98 Å². The van der Waals surface area contributed by atoms with Crippen LogP contribution in [0.3, 0.4) is 0 Å². The molecule has 4 aromatic rings. The monoisotopic (exact) mass is 375 g/mol. The number of hydrogen-bond donors (Lipinski definition) is 1. The molecule has 0 radical (unpaired) electrons. The Morgan fingerprint density at radius 1 is 1.19 bits per heavy atom. The number of hydrogen-bond acceptors (Lipinski definition) is 5. The van der Waals surface area contributed by atoms with Crippen LogP contribution in [0.2, 0.25) is 0 Å². The minimum absolute atomic E-state index is 0.0219. The summed E-state index contributed by atoms with van der Waals surface area (Å²) in [4.78, 5) is 20.0. The first-order chi connectivity index (χ1) is 13.3. The van der Waals surface area contributed by atoms with E-state index in [0.717, 1.165) is 16.8 Å². The van der Waals surface area contributed by atoms with Gasteiger partial charge in [-0.15, -0.1) is 16.8 Å². The average molecular weight is 375 g/mol. The number of nitrogens with one attached hydrogen (secondary N) is 1. The van der Waals surface area contributed by atoms with Crippen LogP contribution < -0.4 is 0 Å². The van der Waals surface area contributed by atoms with Crippen LogP contribution in [0.15, 0.2) is 72.7 Å². The molecule has 0 saturated carbocycles. The highest BCUT2D eigenvalue weighted by molar-refractivity contribution is 7.99. The highest BCUT2D eigenvalue weighted by Gasteiger charge is 2.17. The normalized spacial score (nSPS) is 11.0. The third-order valence-corrected chi connectivity index (χ3v) is 5.11. The number of pyridine rings is 1. The summed E-state index contributed by atoms with van der Waals surface area (Å²) in [7, 11) is 0. The molecular formula is C20H17N5OS. The van der Waals surface area contributed by atoms with Crippen molar-refractivity contribution in [1.82, 2.24) is 24.7 Å². The maximum Gasteiger partial charge on any atom is 0.192 e. The van der Waals surface area contributed by atoms with E-state index < -0.39 is 0 Å². The van der Waals surface area contributed by atoms with Gasteiger partial charge in [-0.3, -0.25) is 9.36 Å².